The molecule has 1 unspecified atom stereocenters. The summed E-state index contributed by atoms with van der Waals surface area (Å²) in [6, 6.07) is 0. The van der Waals surface area contributed by atoms with Crippen molar-refractivity contribution in [3.63, 3.8) is 0 Å². The average Bonchev–Trinajstić information content (AvgIpc) is 3.44. The van der Waals surface area contributed by atoms with Crippen molar-refractivity contribution in [1.82, 2.24) is 0 Å². The Hall–Kier alpha value is -2.37. The van der Waals surface area contributed by atoms with E-state index < -0.39 is 6.10 Å². The lowest BCUT2D eigenvalue weighted by Gasteiger charge is -2.18. The van der Waals surface area contributed by atoms with E-state index in [1.165, 1.54) is 250 Å². The summed E-state index contributed by atoms with van der Waals surface area (Å²) in [4.78, 5) is 38.3. The van der Waals surface area contributed by atoms with Crippen LogP contribution in [0, 0.1) is 0 Å². The Morgan fingerprint density at radius 2 is 0.500 bits per heavy atom. The van der Waals surface area contributed by atoms with E-state index in [4.69, 9.17) is 14.2 Å². The molecule has 0 aromatic heterocycles. The monoisotopic (exact) mass is 1100 g/mol. The third-order valence-corrected chi connectivity index (χ3v) is 15.9. The van der Waals surface area contributed by atoms with Gasteiger partial charge >= 0.3 is 17.9 Å². The van der Waals surface area contributed by atoms with Gasteiger partial charge in [-0.25, -0.2) is 0 Å². The molecule has 0 radical (unpaired) electrons. The molecule has 0 amide bonds. The first-order valence-corrected chi connectivity index (χ1v) is 35.0. The molecule has 6 heteroatoms. The number of carbonyl (C=O) groups excluding carboxylic acids is 3. The maximum Gasteiger partial charge on any atom is 0.306 e. The summed E-state index contributed by atoms with van der Waals surface area (Å²) in [6.07, 6.45) is 83.3. The van der Waals surface area contributed by atoms with E-state index in [-0.39, 0.29) is 31.1 Å². The molecule has 0 bridgehead atoms. The Balaban J connectivity index is 4.15. The molecule has 78 heavy (non-hydrogen) atoms. The van der Waals surface area contributed by atoms with Gasteiger partial charge in [-0.2, -0.15) is 0 Å². The first kappa shape index (κ1) is 75.6. The quantitative estimate of drug-likeness (QED) is 0.0261. The van der Waals surface area contributed by atoms with Gasteiger partial charge in [0.15, 0.2) is 6.10 Å². The van der Waals surface area contributed by atoms with Crippen molar-refractivity contribution >= 4 is 17.9 Å². The van der Waals surface area contributed by atoms with E-state index in [1.54, 1.807) is 0 Å². The summed E-state index contributed by atoms with van der Waals surface area (Å²) >= 11 is 0. The molecule has 0 fully saturated rings. The minimum atomic E-state index is -0.778. The summed E-state index contributed by atoms with van der Waals surface area (Å²) in [5.41, 5.74) is 0. The van der Waals surface area contributed by atoms with E-state index in [9.17, 15) is 14.4 Å². The van der Waals surface area contributed by atoms with Gasteiger partial charge in [0.1, 0.15) is 13.2 Å². The van der Waals surface area contributed by atoms with Crippen LogP contribution in [0.15, 0.2) is 36.5 Å². The second kappa shape index (κ2) is 67.1. The molecular formula is C72H134O6. The number of rotatable bonds is 65. The average molecular weight is 1100 g/mol. The van der Waals surface area contributed by atoms with Gasteiger partial charge in [0.2, 0.25) is 0 Å². The zero-order chi connectivity index (χ0) is 56.4. The van der Waals surface area contributed by atoms with Crippen LogP contribution in [-0.4, -0.2) is 37.2 Å². The highest BCUT2D eigenvalue weighted by molar-refractivity contribution is 5.71. The largest absolute Gasteiger partial charge is 0.462 e. The molecule has 0 heterocycles. The molecule has 0 rings (SSSR count). The van der Waals surface area contributed by atoms with Crippen molar-refractivity contribution in [2.24, 2.45) is 0 Å². The summed E-state index contributed by atoms with van der Waals surface area (Å²) in [6.45, 7) is 6.59. The van der Waals surface area contributed by atoms with Gasteiger partial charge in [0.05, 0.1) is 0 Å². The Morgan fingerprint density at radius 1 is 0.269 bits per heavy atom. The predicted molar refractivity (Wildman–Crippen MR) is 339 cm³/mol. The Morgan fingerprint density at radius 3 is 0.782 bits per heavy atom. The fraction of sp³-hybridized carbons (Fsp3) is 0.875. The zero-order valence-electron chi connectivity index (χ0n) is 52.7. The topological polar surface area (TPSA) is 78.9 Å². The van der Waals surface area contributed by atoms with Crippen molar-refractivity contribution in [3.8, 4) is 0 Å². The summed E-state index contributed by atoms with van der Waals surface area (Å²) in [5.74, 6) is -0.863. The maximum absolute atomic E-state index is 12.9. The molecule has 458 valence electrons. The number of ether oxygens (including phenoxy) is 3. The van der Waals surface area contributed by atoms with Gasteiger partial charge in [-0.05, 0) is 51.4 Å². The van der Waals surface area contributed by atoms with Gasteiger partial charge in [-0.1, -0.05) is 353 Å². The van der Waals surface area contributed by atoms with Crippen LogP contribution in [0.2, 0.25) is 0 Å². The van der Waals surface area contributed by atoms with Crippen LogP contribution in [0.1, 0.15) is 387 Å². The van der Waals surface area contributed by atoms with Crippen LogP contribution in [-0.2, 0) is 28.6 Å². The molecule has 6 nitrogen and oxygen atoms in total. The molecule has 0 aliphatic rings. The summed E-state index contributed by atoms with van der Waals surface area (Å²) in [5, 5.41) is 0. The van der Waals surface area contributed by atoms with Crippen LogP contribution < -0.4 is 0 Å². The second-order valence-electron chi connectivity index (χ2n) is 23.8. The molecule has 0 saturated carbocycles. The lowest BCUT2D eigenvalue weighted by atomic mass is 10.0. The molecule has 0 N–H and O–H groups in total. The fourth-order valence-corrected chi connectivity index (χ4v) is 10.7. The van der Waals surface area contributed by atoms with Crippen molar-refractivity contribution in [2.45, 2.75) is 393 Å². The maximum atomic E-state index is 12.9. The highest BCUT2D eigenvalue weighted by Crippen LogP contribution is 2.19. The van der Waals surface area contributed by atoms with E-state index in [2.05, 4.69) is 57.2 Å². The predicted octanol–water partition coefficient (Wildman–Crippen LogP) is 23.9. The van der Waals surface area contributed by atoms with Gasteiger partial charge in [-0.15, -0.1) is 0 Å². The van der Waals surface area contributed by atoms with Crippen LogP contribution in [0.5, 0.6) is 0 Å². The van der Waals surface area contributed by atoms with Crippen molar-refractivity contribution in [1.29, 1.82) is 0 Å². The van der Waals surface area contributed by atoms with E-state index in [1.807, 2.05) is 0 Å². The molecule has 0 aromatic rings. The first-order valence-electron chi connectivity index (χ1n) is 35.0. The highest BCUT2D eigenvalue weighted by Gasteiger charge is 2.19. The van der Waals surface area contributed by atoms with Crippen LogP contribution in [0.25, 0.3) is 0 Å². The van der Waals surface area contributed by atoms with Crippen LogP contribution in [0.3, 0.4) is 0 Å². The molecular weight excluding hydrogens is 961 g/mol. The molecule has 1 atom stereocenters. The van der Waals surface area contributed by atoms with Gasteiger partial charge in [-0.3, -0.25) is 14.4 Å². The standard InChI is InChI=1S/C72H134O6/c1-4-7-10-13-16-19-22-25-28-29-30-31-32-33-34-35-36-37-38-39-40-41-42-45-47-50-53-56-59-62-65-71(74)77-68-69(78-72(75)66-63-60-57-54-51-48-44-27-24-21-18-15-12-9-6-3)67-76-70(73)64-61-58-55-52-49-46-43-26-23-20-17-14-11-8-5-2/h9,12,18,21,27,44,69H,4-8,10-11,13-17,19-20,22-26,28-43,45-68H2,1-3H3/b12-9-,21-18-,44-27-. The SMILES string of the molecule is CC/C=C\C/C=C\C/C=C\CCCCCCCC(=O)OC(COC(=O)CCCCCCCCCCCCCCCCC)COC(=O)CCCCCCCCCCCCCCCCCCCCCCCCCCCCCCCC. The Labute approximate surface area is 486 Å². The lowest BCUT2D eigenvalue weighted by molar-refractivity contribution is -0.167. The molecule has 0 spiro atoms. The van der Waals surface area contributed by atoms with Gasteiger partial charge < -0.3 is 14.2 Å². The minimum Gasteiger partial charge on any atom is -0.462 e. The Kier molecular flexibility index (Phi) is 65.1. The van der Waals surface area contributed by atoms with Gasteiger partial charge in [0.25, 0.3) is 0 Å². The fourth-order valence-electron chi connectivity index (χ4n) is 10.7. The number of unbranched alkanes of at least 4 members (excludes halogenated alkanes) is 48. The van der Waals surface area contributed by atoms with Crippen molar-refractivity contribution < 1.29 is 28.6 Å². The summed E-state index contributed by atoms with van der Waals surface area (Å²) < 4.78 is 17.0. The summed E-state index contributed by atoms with van der Waals surface area (Å²) in [7, 11) is 0. The Bertz CT molecular complexity index is 1300. The zero-order valence-corrected chi connectivity index (χ0v) is 52.7. The second-order valence-corrected chi connectivity index (χ2v) is 23.8. The molecule has 0 aliphatic carbocycles. The third-order valence-electron chi connectivity index (χ3n) is 15.9. The molecule has 0 saturated heterocycles. The first-order chi connectivity index (χ1) is 38.5. The minimum absolute atomic E-state index is 0.0738. The van der Waals surface area contributed by atoms with Crippen molar-refractivity contribution in [3.05, 3.63) is 36.5 Å². The number of hydrogen-bond acceptors (Lipinski definition) is 6. The number of hydrogen-bond donors (Lipinski definition) is 0. The van der Waals surface area contributed by atoms with Crippen LogP contribution >= 0.6 is 0 Å². The van der Waals surface area contributed by atoms with Crippen molar-refractivity contribution in [2.75, 3.05) is 13.2 Å². The van der Waals surface area contributed by atoms with E-state index in [0.717, 1.165) is 96.3 Å². The van der Waals surface area contributed by atoms with E-state index >= 15 is 0 Å². The van der Waals surface area contributed by atoms with Crippen LogP contribution in [0.4, 0.5) is 0 Å². The number of allylic oxidation sites excluding steroid dienone is 6. The van der Waals surface area contributed by atoms with E-state index in [0.29, 0.717) is 19.3 Å². The van der Waals surface area contributed by atoms with Gasteiger partial charge in [0, 0.05) is 19.3 Å². The third kappa shape index (κ3) is 64.5. The highest BCUT2D eigenvalue weighted by atomic mass is 16.6. The normalized spacial score (nSPS) is 12.2. The number of carbonyl (C=O) groups is 3. The smallest absolute Gasteiger partial charge is 0.306 e. The molecule has 0 aromatic carbocycles. The number of esters is 3. The lowest BCUT2D eigenvalue weighted by Crippen LogP contribution is -2.30. The molecule has 0 aliphatic heterocycles.